The molecule has 0 unspecified atom stereocenters. The second-order valence-corrected chi connectivity index (χ2v) is 7.14. The molecule has 3 heterocycles. The van der Waals surface area contributed by atoms with Crippen molar-refractivity contribution in [3.8, 4) is 0 Å². The summed E-state index contributed by atoms with van der Waals surface area (Å²) in [4.78, 5) is 33.4. The average molecular weight is 352 g/mol. The third-order valence-electron chi connectivity index (χ3n) is 4.60. The zero-order valence-corrected chi connectivity index (χ0v) is 14.8. The van der Waals surface area contributed by atoms with Crippen molar-refractivity contribution in [2.45, 2.75) is 25.8 Å². The summed E-state index contributed by atoms with van der Waals surface area (Å²) < 4.78 is 5.28. The Balaban J connectivity index is 1.41. The Morgan fingerprint density at radius 1 is 1.29 bits per heavy atom. The summed E-state index contributed by atoms with van der Waals surface area (Å²) in [5.41, 5.74) is 2.48. The lowest BCUT2D eigenvalue weighted by Gasteiger charge is -2.34. The van der Waals surface area contributed by atoms with E-state index in [4.69, 9.17) is 4.74 Å². The first-order valence-electron chi connectivity index (χ1n) is 8.42. The molecule has 1 aromatic rings. The number of nitrogens with one attached hydrogen (secondary N) is 1. The fraction of sp³-hybridized carbons (Fsp3) is 0.688. The summed E-state index contributed by atoms with van der Waals surface area (Å²) in [7, 11) is 0. The second kappa shape index (κ2) is 8.04. The fourth-order valence-corrected chi connectivity index (χ4v) is 3.82. The van der Waals surface area contributed by atoms with Crippen molar-refractivity contribution in [2.24, 2.45) is 0 Å². The van der Waals surface area contributed by atoms with Crippen molar-refractivity contribution in [1.82, 2.24) is 20.1 Å². The number of thiazole rings is 1. The molecule has 8 heteroatoms. The number of aryl methyl sites for hydroxylation is 1. The van der Waals surface area contributed by atoms with Gasteiger partial charge in [-0.15, -0.1) is 11.3 Å². The van der Waals surface area contributed by atoms with Gasteiger partial charge in [0.05, 0.1) is 31.0 Å². The number of likely N-dealkylation sites (tertiary alicyclic amines) is 1. The van der Waals surface area contributed by atoms with Crippen LogP contribution < -0.4 is 5.32 Å². The van der Waals surface area contributed by atoms with Gasteiger partial charge in [0.1, 0.15) is 4.88 Å². The number of carbonyl (C=O) groups is 2. The van der Waals surface area contributed by atoms with Crippen molar-refractivity contribution >= 4 is 23.2 Å². The van der Waals surface area contributed by atoms with E-state index >= 15 is 0 Å². The predicted octanol–water partition coefficient (Wildman–Crippen LogP) is 0.505. The highest BCUT2D eigenvalue weighted by molar-refractivity contribution is 7.11. The number of nitrogens with zero attached hydrogens (tertiary/aromatic N) is 3. The number of hydrogen-bond donors (Lipinski definition) is 1. The lowest BCUT2D eigenvalue weighted by molar-refractivity contribution is -0.136. The predicted molar refractivity (Wildman–Crippen MR) is 91.2 cm³/mol. The van der Waals surface area contributed by atoms with Gasteiger partial charge in [-0.3, -0.25) is 14.5 Å². The van der Waals surface area contributed by atoms with Crippen molar-refractivity contribution in [2.75, 3.05) is 45.9 Å². The quantitative estimate of drug-likeness (QED) is 0.854. The summed E-state index contributed by atoms with van der Waals surface area (Å²) in [6.45, 7) is 6.65. The van der Waals surface area contributed by atoms with E-state index in [9.17, 15) is 9.59 Å². The molecular weight excluding hydrogens is 328 g/mol. The average Bonchev–Trinajstić information content (AvgIpc) is 3.03. The van der Waals surface area contributed by atoms with Crippen LogP contribution >= 0.6 is 11.3 Å². The van der Waals surface area contributed by atoms with Gasteiger partial charge in [0.15, 0.2) is 0 Å². The molecule has 2 amide bonds. The van der Waals surface area contributed by atoms with Crippen molar-refractivity contribution < 1.29 is 14.3 Å². The maximum atomic E-state index is 12.3. The van der Waals surface area contributed by atoms with Crippen LogP contribution in [-0.2, 0) is 9.53 Å². The highest BCUT2D eigenvalue weighted by Crippen LogP contribution is 2.15. The minimum atomic E-state index is -0.0298. The number of amides is 2. The number of aromatic nitrogens is 1. The van der Waals surface area contributed by atoms with Crippen LogP contribution in [0.2, 0.25) is 0 Å². The van der Waals surface area contributed by atoms with Crippen LogP contribution in [-0.4, -0.2) is 78.6 Å². The molecule has 2 aliphatic heterocycles. The van der Waals surface area contributed by atoms with Gasteiger partial charge in [0.25, 0.3) is 5.91 Å². The fourth-order valence-electron chi connectivity index (χ4n) is 3.11. The van der Waals surface area contributed by atoms with Crippen LogP contribution in [0.25, 0.3) is 0 Å². The molecule has 0 aliphatic carbocycles. The van der Waals surface area contributed by atoms with Crippen LogP contribution in [0.5, 0.6) is 0 Å². The molecule has 3 rings (SSSR count). The monoisotopic (exact) mass is 352 g/mol. The molecule has 1 N–H and O–H groups in total. The summed E-state index contributed by atoms with van der Waals surface area (Å²) >= 11 is 1.38. The summed E-state index contributed by atoms with van der Waals surface area (Å²) in [5, 5.41) is 3.09. The highest BCUT2D eigenvalue weighted by Gasteiger charge is 2.25. The third kappa shape index (κ3) is 4.31. The first-order chi connectivity index (χ1) is 11.6. The lowest BCUT2D eigenvalue weighted by atomic mass is 10.0. The number of piperidine rings is 1. The van der Waals surface area contributed by atoms with Gasteiger partial charge in [-0.05, 0) is 19.8 Å². The normalized spacial score (nSPS) is 20.1. The Labute approximate surface area is 146 Å². The van der Waals surface area contributed by atoms with E-state index in [0.29, 0.717) is 37.7 Å². The van der Waals surface area contributed by atoms with Crippen molar-refractivity contribution in [3.05, 3.63) is 16.1 Å². The van der Waals surface area contributed by atoms with E-state index in [1.54, 1.807) is 5.51 Å². The Kier molecular flexibility index (Phi) is 5.80. The van der Waals surface area contributed by atoms with Crippen molar-refractivity contribution in [1.29, 1.82) is 0 Å². The van der Waals surface area contributed by atoms with Gasteiger partial charge in [-0.1, -0.05) is 0 Å². The first kappa shape index (κ1) is 17.3. The van der Waals surface area contributed by atoms with Gasteiger partial charge >= 0.3 is 0 Å². The number of ether oxygens (including phenoxy) is 1. The molecule has 132 valence electrons. The van der Waals surface area contributed by atoms with Crippen LogP contribution in [0.3, 0.4) is 0 Å². The molecule has 1 aromatic heterocycles. The summed E-state index contributed by atoms with van der Waals surface area (Å²) in [6, 6.07) is 0.175. The van der Waals surface area contributed by atoms with E-state index in [0.717, 1.165) is 31.6 Å². The molecule has 2 fully saturated rings. The standard InChI is InChI=1S/C16H24N4O3S/c1-12-15(24-11-17-12)16(22)18-13-2-4-19(5-3-13)10-14(21)20-6-8-23-9-7-20/h11,13H,2-10H2,1H3,(H,18,22). The Hall–Kier alpha value is -1.51. The van der Waals surface area contributed by atoms with E-state index in [1.807, 2.05) is 11.8 Å². The zero-order valence-electron chi connectivity index (χ0n) is 14.0. The van der Waals surface area contributed by atoms with Crippen molar-refractivity contribution in [3.63, 3.8) is 0 Å². The van der Waals surface area contributed by atoms with Gasteiger partial charge < -0.3 is 15.0 Å². The molecule has 24 heavy (non-hydrogen) atoms. The van der Waals surface area contributed by atoms with Crippen LogP contribution in [0.4, 0.5) is 0 Å². The second-order valence-electron chi connectivity index (χ2n) is 6.28. The Bertz CT molecular complexity index is 578. The van der Waals surface area contributed by atoms with Gasteiger partial charge in [-0.2, -0.15) is 0 Å². The van der Waals surface area contributed by atoms with Crippen LogP contribution in [0, 0.1) is 6.92 Å². The molecule has 0 radical (unpaired) electrons. The van der Waals surface area contributed by atoms with Gasteiger partial charge in [0.2, 0.25) is 5.91 Å². The maximum absolute atomic E-state index is 12.3. The van der Waals surface area contributed by atoms with Gasteiger partial charge in [0, 0.05) is 32.2 Å². The third-order valence-corrected chi connectivity index (χ3v) is 5.52. The molecule has 0 aromatic carbocycles. The lowest BCUT2D eigenvalue weighted by Crippen LogP contribution is -2.49. The Morgan fingerprint density at radius 2 is 2.00 bits per heavy atom. The molecule has 0 spiro atoms. The first-order valence-corrected chi connectivity index (χ1v) is 9.30. The summed E-state index contributed by atoms with van der Waals surface area (Å²) in [6.07, 6.45) is 1.75. The van der Waals surface area contributed by atoms with E-state index in [-0.39, 0.29) is 17.9 Å². The SMILES string of the molecule is Cc1ncsc1C(=O)NC1CCN(CC(=O)N2CCOCC2)CC1. The molecule has 0 saturated carbocycles. The molecule has 7 nitrogen and oxygen atoms in total. The number of rotatable bonds is 4. The number of hydrogen-bond acceptors (Lipinski definition) is 6. The molecule has 0 bridgehead atoms. The number of carbonyl (C=O) groups excluding carboxylic acids is 2. The molecule has 2 saturated heterocycles. The minimum Gasteiger partial charge on any atom is -0.378 e. The molecule has 0 atom stereocenters. The topological polar surface area (TPSA) is 74.8 Å². The van der Waals surface area contributed by atoms with E-state index in [1.165, 1.54) is 11.3 Å². The van der Waals surface area contributed by atoms with E-state index in [2.05, 4.69) is 15.2 Å². The molecular formula is C16H24N4O3S. The zero-order chi connectivity index (χ0) is 16.9. The van der Waals surface area contributed by atoms with Gasteiger partial charge in [-0.25, -0.2) is 4.98 Å². The summed E-state index contributed by atoms with van der Waals surface area (Å²) in [5.74, 6) is 0.152. The maximum Gasteiger partial charge on any atom is 0.263 e. The Morgan fingerprint density at radius 3 is 2.62 bits per heavy atom. The minimum absolute atomic E-state index is 0.0298. The largest absolute Gasteiger partial charge is 0.378 e. The van der Waals surface area contributed by atoms with Crippen LogP contribution in [0.15, 0.2) is 5.51 Å². The smallest absolute Gasteiger partial charge is 0.263 e. The van der Waals surface area contributed by atoms with Crippen LogP contribution in [0.1, 0.15) is 28.2 Å². The number of morpholine rings is 1. The highest BCUT2D eigenvalue weighted by atomic mass is 32.1. The molecule has 2 aliphatic rings. The van der Waals surface area contributed by atoms with E-state index < -0.39 is 0 Å².